The molecule has 3 aromatic heterocycles. The molecule has 1 N–H and O–H groups in total. The SMILES string of the molecule is Cc1sc([C@@H](O)Cn2nnc(Cn3cnc4c(c3=O)N(C)C(=O)CO4)n2)cc1Cl. The summed E-state index contributed by atoms with van der Waals surface area (Å²) in [5.74, 6) is 0.0289. The molecular formula is C16H16ClN7O4S. The van der Waals surface area contributed by atoms with E-state index in [0.717, 1.165) is 4.88 Å². The van der Waals surface area contributed by atoms with Crippen LogP contribution in [0.1, 0.15) is 21.7 Å². The fraction of sp³-hybridized carbons (Fsp3) is 0.375. The van der Waals surface area contributed by atoms with E-state index in [9.17, 15) is 14.7 Å². The number of carbonyl (C=O) groups excluding carboxylic acids is 1. The molecule has 1 atom stereocenters. The Labute approximate surface area is 173 Å². The molecule has 0 saturated carbocycles. The largest absolute Gasteiger partial charge is 0.466 e. The van der Waals surface area contributed by atoms with Crippen molar-refractivity contribution in [3.05, 3.63) is 43.3 Å². The molecule has 0 aliphatic carbocycles. The van der Waals surface area contributed by atoms with Crippen molar-refractivity contribution >= 4 is 34.5 Å². The van der Waals surface area contributed by atoms with Crippen molar-refractivity contribution in [2.24, 2.45) is 0 Å². The van der Waals surface area contributed by atoms with Crippen LogP contribution in [-0.2, 0) is 17.9 Å². The van der Waals surface area contributed by atoms with Gasteiger partial charge in [-0.3, -0.25) is 14.2 Å². The number of halogens is 1. The zero-order valence-electron chi connectivity index (χ0n) is 15.4. The highest BCUT2D eigenvalue weighted by molar-refractivity contribution is 7.12. The van der Waals surface area contributed by atoms with Gasteiger partial charge in [0.1, 0.15) is 12.4 Å². The summed E-state index contributed by atoms with van der Waals surface area (Å²) in [5, 5.41) is 23.0. The lowest BCUT2D eigenvalue weighted by Crippen LogP contribution is -2.41. The highest BCUT2D eigenvalue weighted by Gasteiger charge is 2.27. The molecule has 0 bridgehead atoms. The van der Waals surface area contributed by atoms with Crippen LogP contribution in [0, 0.1) is 6.92 Å². The number of rotatable bonds is 5. The molecule has 1 aliphatic heterocycles. The Balaban J connectivity index is 1.51. The molecule has 4 rings (SSSR count). The van der Waals surface area contributed by atoms with Gasteiger partial charge < -0.3 is 14.7 Å². The van der Waals surface area contributed by atoms with Crippen molar-refractivity contribution in [1.82, 2.24) is 29.8 Å². The van der Waals surface area contributed by atoms with E-state index in [1.807, 2.05) is 6.92 Å². The number of ether oxygens (including phenoxy) is 1. The van der Waals surface area contributed by atoms with Crippen LogP contribution in [0.2, 0.25) is 5.02 Å². The third kappa shape index (κ3) is 3.73. The molecule has 1 amide bonds. The molecule has 0 radical (unpaired) electrons. The van der Waals surface area contributed by atoms with Gasteiger partial charge in [0.2, 0.25) is 5.88 Å². The van der Waals surface area contributed by atoms with E-state index in [1.54, 1.807) is 6.07 Å². The number of aliphatic hydroxyl groups is 1. The van der Waals surface area contributed by atoms with E-state index in [4.69, 9.17) is 16.3 Å². The summed E-state index contributed by atoms with van der Waals surface area (Å²) in [4.78, 5) is 32.6. The topological polar surface area (TPSA) is 128 Å². The predicted molar refractivity (Wildman–Crippen MR) is 103 cm³/mol. The molecule has 152 valence electrons. The number of hydrogen-bond acceptors (Lipinski definition) is 9. The zero-order valence-corrected chi connectivity index (χ0v) is 17.0. The van der Waals surface area contributed by atoms with Gasteiger partial charge in [0.25, 0.3) is 11.5 Å². The van der Waals surface area contributed by atoms with Gasteiger partial charge in [0.15, 0.2) is 18.1 Å². The standard InChI is InChI=1S/C16H16ClN7O4S/c1-8-9(17)3-11(29-8)10(25)4-24-20-12(19-21-24)5-23-7-18-15-14(16(23)27)22(2)13(26)6-28-15/h3,7,10,25H,4-6H2,1-2H3/t10-/m0/s1. The number of nitrogens with zero attached hydrogens (tertiary/aromatic N) is 7. The number of fused-ring (bicyclic) bond motifs is 1. The average Bonchev–Trinajstić information content (AvgIpc) is 3.26. The zero-order chi connectivity index (χ0) is 20.7. The Morgan fingerprint density at radius 1 is 1.41 bits per heavy atom. The number of amides is 1. The molecule has 4 heterocycles. The van der Waals surface area contributed by atoms with Crippen molar-refractivity contribution in [2.75, 3.05) is 18.6 Å². The fourth-order valence-corrected chi connectivity index (χ4v) is 3.98. The normalized spacial score (nSPS) is 14.6. The monoisotopic (exact) mass is 437 g/mol. The molecule has 0 saturated heterocycles. The fourth-order valence-electron chi connectivity index (χ4n) is 2.78. The Hall–Kier alpha value is -2.83. The minimum atomic E-state index is -0.835. The number of anilines is 1. The van der Waals surface area contributed by atoms with Crippen LogP contribution in [0.15, 0.2) is 17.2 Å². The third-order valence-corrected chi connectivity index (χ3v) is 6.03. The van der Waals surface area contributed by atoms with E-state index >= 15 is 0 Å². The molecule has 0 spiro atoms. The van der Waals surface area contributed by atoms with Gasteiger partial charge in [0, 0.05) is 16.8 Å². The molecule has 13 heteroatoms. The second-order valence-corrected chi connectivity index (χ2v) is 8.10. The van der Waals surface area contributed by atoms with E-state index in [1.165, 1.54) is 39.0 Å². The van der Waals surface area contributed by atoms with Crippen molar-refractivity contribution in [1.29, 1.82) is 0 Å². The Kier molecular flexibility index (Phi) is 5.06. The molecule has 29 heavy (non-hydrogen) atoms. The van der Waals surface area contributed by atoms with Gasteiger partial charge in [-0.05, 0) is 18.2 Å². The van der Waals surface area contributed by atoms with Gasteiger partial charge in [-0.15, -0.1) is 21.5 Å². The third-order valence-electron chi connectivity index (χ3n) is 4.37. The molecular weight excluding hydrogens is 422 g/mol. The first-order valence-electron chi connectivity index (χ1n) is 8.53. The predicted octanol–water partition coefficient (Wildman–Crippen LogP) is 0.390. The number of tetrazole rings is 1. The van der Waals surface area contributed by atoms with E-state index < -0.39 is 11.7 Å². The molecule has 0 fully saturated rings. The van der Waals surface area contributed by atoms with Gasteiger partial charge in [-0.1, -0.05) is 11.6 Å². The van der Waals surface area contributed by atoms with Crippen LogP contribution < -0.4 is 15.2 Å². The average molecular weight is 438 g/mol. The van der Waals surface area contributed by atoms with Crippen LogP contribution in [-0.4, -0.2) is 54.4 Å². The summed E-state index contributed by atoms with van der Waals surface area (Å²) in [6.07, 6.45) is 0.467. The number of aromatic nitrogens is 6. The maximum atomic E-state index is 12.7. The van der Waals surface area contributed by atoms with Gasteiger partial charge in [0.05, 0.1) is 18.1 Å². The lowest BCUT2D eigenvalue weighted by Gasteiger charge is -2.24. The lowest BCUT2D eigenvalue weighted by atomic mass is 10.3. The van der Waals surface area contributed by atoms with Crippen molar-refractivity contribution in [3.8, 4) is 5.88 Å². The minimum Gasteiger partial charge on any atom is -0.466 e. The maximum Gasteiger partial charge on any atom is 0.281 e. The van der Waals surface area contributed by atoms with Crippen LogP contribution in [0.25, 0.3) is 0 Å². The quantitative estimate of drug-likeness (QED) is 0.607. The van der Waals surface area contributed by atoms with E-state index in [0.29, 0.717) is 9.90 Å². The summed E-state index contributed by atoms with van der Waals surface area (Å²) in [5.41, 5.74) is -0.387. The van der Waals surface area contributed by atoms with Gasteiger partial charge in [-0.2, -0.15) is 4.80 Å². The molecule has 1 aliphatic rings. The number of aryl methyl sites for hydroxylation is 1. The first kappa shape index (κ1) is 19.5. The molecule has 3 aromatic rings. The summed E-state index contributed by atoms with van der Waals surface area (Å²) in [7, 11) is 1.49. The molecule has 0 unspecified atom stereocenters. The highest BCUT2D eigenvalue weighted by atomic mass is 35.5. The van der Waals surface area contributed by atoms with Crippen molar-refractivity contribution < 1.29 is 14.6 Å². The minimum absolute atomic E-state index is 0.00117. The smallest absolute Gasteiger partial charge is 0.281 e. The summed E-state index contributed by atoms with van der Waals surface area (Å²) in [6.45, 7) is 1.80. The molecule has 0 aromatic carbocycles. The summed E-state index contributed by atoms with van der Waals surface area (Å²) >= 11 is 7.43. The van der Waals surface area contributed by atoms with Crippen LogP contribution >= 0.6 is 22.9 Å². The second-order valence-electron chi connectivity index (χ2n) is 6.40. The number of thiophene rings is 1. The number of likely N-dealkylation sites (N-methyl/N-ethyl adjacent to an activating group) is 1. The van der Waals surface area contributed by atoms with Crippen LogP contribution in [0.5, 0.6) is 5.88 Å². The van der Waals surface area contributed by atoms with Crippen LogP contribution in [0.4, 0.5) is 5.69 Å². The number of aliphatic hydroxyl groups excluding tert-OH is 1. The summed E-state index contributed by atoms with van der Waals surface area (Å²) < 4.78 is 6.45. The number of carbonyl (C=O) groups is 1. The Morgan fingerprint density at radius 3 is 2.93 bits per heavy atom. The van der Waals surface area contributed by atoms with Crippen molar-refractivity contribution in [3.63, 3.8) is 0 Å². The van der Waals surface area contributed by atoms with Crippen molar-refractivity contribution in [2.45, 2.75) is 26.1 Å². The first-order chi connectivity index (χ1) is 13.8. The second kappa shape index (κ2) is 7.54. The highest BCUT2D eigenvalue weighted by Crippen LogP contribution is 2.30. The number of hydrogen-bond donors (Lipinski definition) is 1. The lowest BCUT2D eigenvalue weighted by molar-refractivity contribution is -0.121. The Bertz CT molecular complexity index is 1120. The van der Waals surface area contributed by atoms with E-state index in [2.05, 4.69) is 20.4 Å². The summed E-state index contributed by atoms with van der Waals surface area (Å²) in [6, 6.07) is 1.71. The van der Waals surface area contributed by atoms with Crippen LogP contribution in [0.3, 0.4) is 0 Å². The van der Waals surface area contributed by atoms with Gasteiger partial charge in [-0.25, -0.2) is 4.98 Å². The Morgan fingerprint density at radius 2 is 2.21 bits per heavy atom. The first-order valence-corrected chi connectivity index (χ1v) is 9.72. The van der Waals surface area contributed by atoms with E-state index in [-0.39, 0.29) is 43.0 Å². The van der Waals surface area contributed by atoms with Gasteiger partial charge >= 0.3 is 0 Å². The maximum absolute atomic E-state index is 12.7. The molecule has 11 nitrogen and oxygen atoms in total.